The number of anilines is 1. The summed E-state index contributed by atoms with van der Waals surface area (Å²) in [5.41, 5.74) is 0.818. The van der Waals surface area contributed by atoms with E-state index in [-0.39, 0.29) is 28.3 Å². The number of hydrogen-bond donors (Lipinski definition) is 3. The number of carboxylic acids is 1. The number of amides is 2. The van der Waals surface area contributed by atoms with Gasteiger partial charge in [0.15, 0.2) is 0 Å². The maximum Gasteiger partial charge on any atom is 0.341 e. The van der Waals surface area contributed by atoms with Gasteiger partial charge in [0, 0.05) is 43.8 Å². The van der Waals surface area contributed by atoms with Crippen molar-refractivity contribution in [3.05, 3.63) is 59.7 Å². The van der Waals surface area contributed by atoms with Crippen molar-refractivity contribution in [3.63, 3.8) is 0 Å². The molecule has 0 aliphatic rings. The van der Waals surface area contributed by atoms with Gasteiger partial charge in [0.1, 0.15) is 22.8 Å². The van der Waals surface area contributed by atoms with Crippen molar-refractivity contribution in [1.82, 2.24) is 25.1 Å². The average Bonchev–Trinajstić information content (AvgIpc) is 3.04. The molecule has 142 valence electrons. The van der Waals surface area contributed by atoms with Gasteiger partial charge in [-0.15, -0.1) is 0 Å². The third-order valence-electron chi connectivity index (χ3n) is 3.93. The highest BCUT2D eigenvalue weighted by Crippen LogP contribution is 2.28. The van der Waals surface area contributed by atoms with E-state index in [1.807, 2.05) is 0 Å². The van der Waals surface area contributed by atoms with Gasteiger partial charge >= 0.3 is 5.97 Å². The van der Waals surface area contributed by atoms with E-state index in [2.05, 4.69) is 25.7 Å². The molecule has 0 fully saturated rings. The highest BCUT2D eigenvalue weighted by atomic mass is 16.4. The Morgan fingerprint density at radius 2 is 1.79 bits per heavy atom. The third kappa shape index (κ3) is 3.56. The first-order valence-electron chi connectivity index (χ1n) is 8.12. The molecular formula is C18H16N6O4. The Morgan fingerprint density at radius 3 is 2.43 bits per heavy atom. The standard InChI is InChI=1S/C18H16N6O4/c1-19-17(26)12-9-11(5-8-21-12)16(25)22-15-13(18(27)28)14(23-24(15)2)10-3-6-20-7-4-10/h3-9H,1-2H3,(H,19,26)(H,22,25)(H,27,28). The Morgan fingerprint density at radius 1 is 1.07 bits per heavy atom. The van der Waals surface area contributed by atoms with Crippen LogP contribution in [0.2, 0.25) is 0 Å². The highest BCUT2D eigenvalue weighted by molar-refractivity contribution is 6.09. The van der Waals surface area contributed by atoms with Crippen molar-refractivity contribution >= 4 is 23.6 Å². The van der Waals surface area contributed by atoms with Gasteiger partial charge in [-0.25, -0.2) is 4.79 Å². The number of carboxylic acid groups (broad SMARTS) is 1. The molecule has 10 heteroatoms. The minimum absolute atomic E-state index is 0.0163. The lowest BCUT2D eigenvalue weighted by Gasteiger charge is -2.08. The maximum absolute atomic E-state index is 12.6. The highest BCUT2D eigenvalue weighted by Gasteiger charge is 2.25. The summed E-state index contributed by atoms with van der Waals surface area (Å²) in [6.07, 6.45) is 4.36. The van der Waals surface area contributed by atoms with Crippen LogP contribution in [-0.4, -0.2) is 49.7 Å². The average molecular weight is 380 g/mol. The molecule has 0 radical (unpaired) electrons. The van der Waals surface area contributed by atoms with Crippen molar-refractivity contribution in [2.75, 3.05) is 12.4 Å². The van der Waals surface area contributed by atoms with Crippen LogP contribution in [0.3, 0.4) is 0 Å². The fourth-order valence-corrected chi connectivity index (χ4v) is 2.59. The van der Waals surface area contributed by atoms with E-state index in [0.717, 1.165) is 0 Å². The molecule has 0 aliphatic carbocycles. The Kier molecular flexibility index (Phi) is 5.12. The second kappa shape index (κ2) is 7.66. The summed E-state index contributed by atoms with van der Waals surface area (Å²) in [6, 6.07) is 5.98. The summed E-state index contributed by atoms with van der Waals surface area (Å²) in [5, 5.41) is 18.9. The Labute approximate surface area is 159 Å². The normalized spacial score (nSPS) is 10.4. The molecule has 0 aromatic carbocycles. The quantitative estimate of drug-likeness (QED) is 0.604. The van der Waals surface area contributed by atoms with Crippen LogP contribution in [0, 0.1) is 0 Å². The number of aromatic nitrogens is 4. The van der Waals surface area contributed by atoms with Crippen LogP contribution >= 0.6 is 0 Å². The zero-order chi connectivity index (χ0) is 20.3. The van der Waals surface area contributed by atoms with Crippen molar-refractivity contribution in [2.24, 2.45) is 7.05 Å². The number of pyridine rings is 2. The summed E-state index contributed by atoms with van der Waals surface area (Å²) in [6.45, 7) is 0. The van der Waals surface area contributed by atoms with Crippen LogP contribution in [0.15, 0.2) is 42.9 Å². The number of aryl methyl sites for hydroxylation is 1. The largest absolute Gasteiger partial charge is 0.477 e. The monoisotopic (exact) mass is 380 g/mol. The topological polar surface area (TPSA) is 139 Å². The summed E-state index contributed by atoms with van der Waals surface area (Å²) in [5.74, 6) is -2.26. The van der Waals surface area contributed by atoms with Crippen LogP contribution in [0.4, 0.5) is 5.82 Å². The van der Waals surface area contributed by atoms with Crippen molar-refractivity contribution in [1.29, 1.82) is 0 Å². The number of aromatic carboxylic acids is 1. The molecule has 0 aliphatic heterocycles. The minimum atomic E-state index is -1.24. The summed E-state index contributed by atoms with van der Waals surface area (Å²) in [4.78, 5) is 44.0. The van der Waals surface area contributed by atoms with E-state index in [4.69, 9.17) is 0 Å². The van der Waals surface area contributed by atoms with Gasteiger partial charge in [0.2, 0.25) is 0 Å². The Bertz CT molecular complexity index is 1060. The van der Waals surface area contributed by atoms with Gasteiger partial charge in [-0.1, -0.05) is 0 Å². The number of rotatable bonds is 5. The van der Waals surface area contributed by atoms with Gasteiger partial charge in [0.25, 0.3) is 11.8 Å². The molecule has 0 atom stereocenters. The Balaban J connectivity index is 1.99. The SMILES string of the molecule is CNC(=O)c1cc(C(=O)Nc2c(C(=O)O)c(-c3ccncc3)nn2C)ccn1. The molecule has 28 heavy (non-hydrogen) atoms. The van der Waals surface area contributed by atoms with Crippen LogP contribution in [0.5, 0.6) is 0 Å². The van der Waals surface area contributed by atoms with Gasteiger partial charge in [-0.3, -0.25) is 24.2 Å². The van der Waals surface area contributed by atoms with Gasteiger partial charge in [-0.05, 0) is 24.3 Å². The first kappa shape index (κ1) is 18.7. The van der Waals surface area contributed by atoms with Gasteiger partial charge < -0.3 is 15.7 Å². The summed E-state index contributed by atoms with van der Waals surface area (Å²) in [7, 11) is 2.97. The third-order valence-corrected chi connectivity index (χ3v) is 3.93. The predicted molar refractivity (Wildman–Crippen MR) is 99.0 cm³/mol. The molecule has 0 bridgehead atoms. The van der Waals surface area contributed by atoms with E-state index in [1.54, 1.807) is 12.1 Å². The van der Waals surface area contributed by atoms with Gasteiger partial charge in [-0.2, -0.15) is 5.10 Å². The fourth-order valence-electron chi connectivity index (χ4n) is 2.59. The smallest absolute Gasteiger partial charge is 0.341 e. The van der Waals surface area contributed by atoms with Crippen LogP contribution in [-0.2, 0) is 7.05 Å². The fraction of sp³-hybridized carbons (Fsp3) is 0.111. The molecule has 3 rings (SSSR count). The number of nitrogens with one attached hydrogen (secondary N) is 2. The lowest BCUT2D eigenvalue weighted by Crippen LogP contribution is -2.21. The van der Waals surface area contributed by atoms with E-state index in [1.165, 1.54) is 49.5 Å². The second-order valence-electron chi connectivity index (χ2n) is 5.70. The minimum Gasteiger partial charge on any atom is -0.477 e. The predicted octanol–water partition coefficient (Wildman–Crippen LogP) is 1.19. The van der Waals surface area contributed by atoms with Crippen molar-refractivity contribution in [2.45, 2.75) is 0 Å². The lowest BCUT2D eigenvalue weighted by molar-refractivity contribution is 0.0698. The number of carbonyl (C=O) groups is 3. The van der Waals surface area contributed by atoms with Crippen molar-refractivity contribution in [3.8, 4) is 11.3 Å². The first-order chi connectivity index (χ1) is 13.4. The molecule has 0 saturated heterocycles. The van der Waals surface area contributed by atoms with E-state index >= 15 is 0 Å². The molecule has 3 heterocycles. The van der Waals surface area contributed by atoms with Gasteiger partial charge in [0.05, 0.1) is 0 Å². The van der Waals surface area contributed by atoms with Crippen LogP contribution < -0.4 is 10.6 Å². The molecule has 3 aromatic heterocycles. The number of hydrogen-bond acceptors (Lipinski definition) is 6. The number of carbonyl (C=O) groups excluding carboxylic acids is 2. The Hall–Kier alpha value is -4.08. The van der Waals surface area contributed by atoms with Crippen molar-refractivity contribution < 1.29 is 19.5 Å². The number of nitrogens with zero attached hydrogens (tertiary/aromatic N) is 4. The van der Waals surface area contributed by atoms with E-state index < -0.39 is 17.8 Å². The zero-order valence-electron chi connectivity index (χ0n) is 15.0. The molecule has 0 spiro atoms. The van der Waals surface area contributed by atoms with E-state index in [0.29, 0.717) is 5.56 Å². The molecule has 0 saturated carbocycles. The lowest BCUT2D eigenvalue weighted by atomic mass is 10.1. The van der Waals surface area contributed by atoms with Crippen LogP contribution in [0.25, 0.3) is 11.3 Å². The maximum atomic E-state index is 12.6. The summed E-state index contributed by atoms with van der Waals surface area (Å²) < 4.78 is 1.28. The molecule has 2 amide bonds. The molecule has 0 unspecified atom stereocenters. The summed E-state index contributed by atoms with van der Waals surface area (Å²) >= 11 is 0. The van der Waals surface area contributed by atoms with Crippen LogP contribution in [0.1, 0.15) is 31.2 Å². The molecular weight excluding hydrogens is 364 g/mol. The van der Waals surface area contributed by atoms with E-state index in [9.17, 15) is 19.5 Å². The second-order valence-corrected chi connectivity index (χ2v) is 5.70. The zero-order valence-corrected chi connectivity index (χ0v) is 15.0. The first-order valence-corrected chi connectivity index (χ1v) is 8.12. The molecule has 3 N–H and O–H groups in total. The molecule has 10 nitrogen and oxygen atoms in total. The molecule has 3 aromatic rings.